The fourth-order valence-corrected chi connectivity index (χ4v) is 0.0146. The molecule has 0 bridgehead atoms. The Balaban J connectivity index is 2.19. The van der Waals surface area contributed by atoms with Crippen LogP contribution >= 0.6 is 0 Å². The van der Waals surface area contributed by atoms with E-state index in [9.17, 15) is 8.96 Å². The van der Waals surface area contributed by atoms with Crippen molar-refractivity contribution < 1.29 is 13.9 Å². The van der Waals surface area contributed by atoms with E-state index in [0.29, 0.717) is 11.4 Å². The molecule has 0 rings (SSSR count). The molecule has 0 saturated heterocycles. The molecular formula is H2F2N2O. The van der Waals surface area contributed by atoms with E-state index < -0.39 is 0 Å². The first-order valence-electron chi connectivity index (χ1n) is 0.786. The van der Waals surface area contributed by atoms with Gasteiger partial charge in [0, 0.05) is 0 Å². The maximum Gasteiger partial charge on any atom is -0.0132 e. The zero-order chi connectivity index (χ0) is 4.12. The van der Waals surface area contributed by atoms with Crippen LogP contribution < -0.4 is 11.4 Å². The third-order valence-corrected chi connectivity index (χ3v) is 0.0772. The summed E-state index contributed by atoms with van der Waals surface area (Å²) in [4.78, 5) is 3.00. The summed E-state index contributed by atoms with van der Waals surface area (Å²) in [6.07, 6.45) is 0. The molecule has 0 heterocycles. The standard InChI is InChI=1S/F2H2N2O/c1-3-5-4-2/h3-4H. The molecule has 0 aromatic carbocycles. The van der Waals surface area contributed by atoms with Gasteiger partial charge in [-0.1, -0.05) is 0 Å². The lowest BCUT2D eigenvalue weighted by atomic mass is 13.1. The Bertz CT molecular complexity index is 15.1. The van der Waals surface area contributed by atoms with Crippen LogP contribution in [0.25, 0.3) is 0 Å². The van der Waals surface area contributed by atoms with Crippen LogP contribution in [-0.2, 0) is 4.94 Å². The molecule has 0 fully saturated rings. The molecule has 0 aliphatic carbocycles. The molecule has 32 valence electrons. The average Bonchev–Trinajstić information content (AvgIpc) is 1.41. The van der Waals surface area contributed by atoms with E-state index in [4.69, 9.17) is 0 Å². The number of hydrogen-bond donors (Lipinski definition) is 2. The van der Waals surface area contributed by atoms with Gasteiger partial charge >= 0.3 is 0 Å². The summed E-state index contributed by atoms with van der Waals surface area (Å²) in [6.45, 7) is 0. The van der Waals surface area contributed by atoms with E-state index in [1.54, 1.807) is 0 Å². The number of nitrogens with one attached hydrogen (secondary N) is 2. The maximum absolute atomic E-state index is 10.2. The van der Waals surface area contributed by atoms with Gasteiger partial charge in [-0.15, -0.1) is 8.96 Å². The first-order chi connectivity index (χ1) is 2.41. The van der Waals surface area contributed by atoms with E-state index in [-0.39, 0.29) is 0 Å². The molecule has 0 aliphatic heterocycles. The molecule has 0 aromatic rings. The highest BCUT2D eigenvalue weighted by molar-refractivity contribution is 3.45. The van der Waals surface area contributed by atoms with E-state index in [1.165, 1.54) is 0 Å². The molecule has 0 spiro atoms. The van der Waals surface area contributed by atoms with Gasteiger partial charge in [-0.2, -0.15) is 4.94 Å². The predicted octanol–water partition coefficient (Wildman–Crippen LogP) is -0.219. The molecule has 3 nitrogen and oxygen atoms in total. The van der Waals surface area contributed by atoms with Crippen LogP contribution in [0, 0.1) is 0 Å². The van der Waals surface area contributed by atoms with E-state index in [0.717, 1.165) is 0 Å². The molecule has 2 N–H and O–H groups in total. The second-order valence-electron chi connectivity index (χ2n) is 0.256. The van der Waals surface area contributed by atoms with Gasteiger partial charge < -0.3 is 0 Å². The molecule has 0 unspecified atom stereocenters. The minimum atomic E-state index is 0.531. The highest BCUT2D eigenvalue weighted by atomic mass is 19.2. The van der Waals surface area contributed by atoms with Crippen molar-refractivity contribution in [2.45, 2.75) is 0 Å². The number of hydrogen-bond acceptors (Lipinski definition) is 3. The second kappa shape index (κ2) is 3.74. The molecule has 0 atom stereocenters. The third kappa shape index (κ3) is 3.74. The summed E-state index contributed by atoms with van der Waals surface area (Å²) in [5, 5.41) is 0. The topological polar surface area (TPSA) is 33.3 Å². The third-order valence-electron chi connectivity index (χ3n) is 0.0772. The Kier molecular flexibility index (Phi) is 3.55. The monoisotopic (exact) mass is 84.0 g/mol. The Morgan fingerprint density at radius 1 is 1.20 bits per heavy atom. The zero-order valence-corrected chi connectivity index (χ0v) is 2.16. The zero-order valence-electron chi connectivity index (χ0n) is 2.16. The van der Waals surface area contributed by atoms with Gasteiger partial charge in [0.2, 0.25) is 0 Å². The lowest BCUT2D eigenvalue weighted by Gasteiger charge is -1.81. The quantitative estimate of drug-likeness (QED) is 0.358. The molecule has 5 heavy (non-hydrogen) atoms. The summed E-state index contributed by atoms with van der Waals surface area (Å²) in [5.41, 5.74) is 1.06. The molecule has 0 amide bonds. The lowest BCUT2D eigenvalue weighted by Crippen LogP contribution is -2.09. The van der Waals surface area contributed by atoms with Gasteiger partial charge in [-0.3, -0.25) is 0 Å². The molecule has 0 aliphatic rings. The fraction of sp³-hybridized carbons (Fsp3) is 0. The first-order valence-corrected chi connectivity index (χ1v) is 0.786. The predicted molar refractivity (Wildman–Crippen MR) is 9.57 cm³/mol. The Labute approximate surface area is 26.7 Å². The highest BCUT2D eigenvalue weighted by Gasteiger charge is 1.66. The van der Waals surface area contributed by atoms with Crippen LogP contribution in [0.3, 0.4) is 0 Å². The van der Waals surface area contributed by atoms with Crippen molar-refractivity contribution in [1.29, 1.82) is 0 Å². The van der Waals surface area contributed by atoms with Crippen molar-refractivity contribution in [3.63, 3.8) is 0 Å². The minimum absolute atomic E-state index is 0.531. The summed E-state index contributed by atoms with van der Waals surface area (Å²) >= 11 is 0. The van der Waals surface area contributed by atoms with E-state index in [2.05, 4.69) is 4.94 Å². The molecule has 0 saturated carbocycles. The first kappa shape index (κ1) is 4.74. The molecule has 0 aromatic heterocycles. The molecule has 5 heteroatoms. The van der Waals surface area contributed by atoms with Crippen LogP contribution in [0.15, 0.2) is 0 Å². The van der Waals surface area contributed by atoms with Crippen molar-refractivity contribution in [3.8, 4) is 0 Å². The summed E-state index contributed by atoms with van der Waals surface area (Å²) in [5.74, 6) is 0. The molecule has 0 radical (unpaired) electrons. The van der Waals surface area contributed by atoms with Crippen molar-refractivity contribution in [2.75, 3.05) is 0 Å². The Morgan fingerprint density at radius 2 is 1.60 bits per heavy atom. The second-order valence-corrected chi connectivity index (χ2v) is 0.256. The maximum atomic E-state index is 10.2. The van der Waals surface area contributed by atoms with Crippen LogP contribution in [0.1, 0.15) is 0 Å². The van der Waals surface area contributed by atoms with Crippen LogP contribution in [0.4, 0.5) is 8.96 Å². The minimum Gasteiger partial charge on any atom is -0.153 e. The van der Waals surface area contributed by atoms with Crippen molar-refractivity contribution in [2.24, 2.45) is 0 Å². The van der Waals surface area contributed by atoms with Crippen molar-refractivity contribution in [3.05, 3.63) is 0 Å². The van der Waals surface area contributed by atoms with Gasteiger partial charge in [0.25, 0.3) is 0 Å². The van der Waals surface area contributed by atoms with Crippen molar-refractivity contribution in [1.82, 2.24) is 11.4 Å². The normalized spacial score (nSPS) is 8.40. The summed E-state index contributed by atoms with van der Waals surface area (Å²) in [6, 6.07) is 0. The van der Waals surface area contributed by atoms with Gasteiger partial charge in [0.05, 0.1) is 0 Å². The highest BCUT2D eigenvalue weighted by Crippen LogP contribution is 1.50. The number of halogens is 2. The Hall–Kier alpha value is -0.260. The largest absolute Gasteiger partial charge is 0.153 e. The summed E-state index contributed by atoms with van der Waals surface area (Å²) < 4.78 is 20.4. The Morgan fingerprint density at radius 3 is 1.60 bits per heavy atom. The smallest absolute Gasteiger partial charge is 0.0132 e. The fourth-order valence-electron chi connectivity index (χ4n) is 0.0146. The lowest BCUT2D eigenvalue weighted by molar-refractivity contribution is -0.181. The van der Waals surface area contributed by atoms with Gasteiger partial charge in [0.1, 0.15) is 0 Å². The van der Waals surface area contributed by atoms with Gasteiger partial charge in [-0.25, -0.2) is 0 Å². The SMILES string of the molecule is FNONF. The van der Waals surface area contributed by atoms with E-state index >= 15 is 0 Å². The molecular weight excluding hydrogens is 82.0 g/mol. The van der Waals surface area contributed by atoms with Gasteiger partial charge in [-0.05, 0) is 11.4 Å². The van der Waals surface area contributed by atoms with Crippen molar-refractivity contribution >= 4 is 0 Å². The van der Waals surface area contributed by atoms with Crippen LogP contribution in [0.5, 0.6) is 0 Å². The van der Waals surface area contributed by atoms with E-state index in [1.807, 2.05) is 0 Å². The van der Waals surface area contributed by atoms with Crippen LogP contribution in [-0.4, -0.2) is 0 Å². The number of rotatable bonds is 2. The van der Waals surface area contributed by atoms with Crippen LogP contribution in [0.2, 0.25) is 0 Å². The van der Waals surface area contributed by atoms with Gasteiger partial charge in [0.15, 0.2) is 0 Å². The summed E-state index contributed by atoms with van der Waals surface area (Å²) in [7, 11) is 0. The average molecular weight is 84.0 g/mol.